The molecule has 0 rings (SSSR count). The molecule has 8 nitrogen and oxygen atoms in total. The van der Waals surface area contributed by atoms with Crippen LogP contribution in [-0.2, 0) is 18.4 Å². The molecule has 0 aromatic heterocycles. The number of nitrogens with one attached hydrogen (secondary N) is 1. The Balaban J connectivity index is 4.47. The van der Waals surface area contributed by atoms with Crippen LogP contribution in [0, 0.1) is 0 Å². The normalized spacial score (nSPS) is 14.8. The van der Waals surface area contributed by atoms with Crippen LogP contribution in [-0.4, -0.2) is 73.4 Å². The first kappa shape index (κ1) is 45.2. The molecule has 1 amide bonds. The van der Waals surface area contributed by atoms with Gasteiger partial charge in [0, 0.05) is 6.42 Å². The summed E-state index contributed by atoms with van der Waals surface area (Å²) in [5.74, 6) is -0.160. The Morgan fingerprint density at radius 3 is 1.74 bits per heavy atom. The first-order valence-corrected chi connectivity index (χ1v) is 20.5. The van der Waals surface area contributed by atoms with Gasteiger partial charge in [-0.3, -0.25) is 13.8 Å². The minimum atomic E-state index is -4.30. The van der Waals surface area contributed by atoms with Gasteiger partial charge >= 0.3 is 7.82 Å². The molecule has 3 N–H and O–H groups in total. The number of phosphoric acid groups is 1. The summed E-state index contributed by atoms with van der Waals surface area (Å²) in [4.78, 5) is 22.9. The van der Waals surface area contributed by atoms with E-state index in [1.165, 1.54) is 83.5 Å². The molecule has 46 heavy (non-hydrogen) atoms. The number of quaternary nitrogens is 1. The summed E-state index contributed by atoms with van der Waals surface area (Å²) in [6.07, 6.45) is 30.9. The quantitative estimate of drug-likeness (QED) is 0.0272. The van der Waals surface area contributed by atoms with E-state index in [0.717, 1.165) is 57.8 Å². The van der Waals surface area contributed by atoms with Gasteiger partial charge in [0.15, 0.2) is 0 Å². The van der Waals surface area contributed by atoms with Crippen LogP contribution in [0.2, 0.25) is 0 Å². The van der Waals surface area contributed by atoms with Gasteiger partial charge in [-0.05, 0) is 32.1 Å². The molecule has 0 aliphatic carbocycles. The lowest BCUT2D eigenvalue weighted by molar-refractivity contribution is -0.870. The number of phosphoric ester groups is 1. The van der Waals surface area contributed by atoms with E-state index in [1.807, 2.05) is 21.1 Å². The molecule has 0 spiro atoms. The summed E-state index contributed by atoms with van der Waals surface area (Å²) in [7, 11) is 1.61. The van der Waals surface area contributed by atoms with E-state index < -0.39 is 20.0 Å². The largest absolute Gasteiger partial charge is 0.472 e. The van der Waals surface area contributed by atoms with E-state index in [-0.39, 0.29) is 19.1 Å². The fourth-order valence-electron chi connectivity index (χ4n) is 5.38. The van der Waals surface area contributed by atoms with Crippen LogP contribution in [0.3, 0.4) is 0 Å². The summed E-state index contributed by atoms with van der Waals surface area (Å²) in [6.45, 7) is 4.81. The third kappa shape index (κ3) is 31.8. The Bertz CT molecular complexity index is 773. The number of aliphatic hydroxyl groups is 1. The number of amides is 1. The summed E-state index contributed by atoms with van der Waals surface area (Å²) in [5, 5.41) is 13.8. The van der Waals surface area contributed by atoms with Gasteiger partial charge in [0.25, 0.3) is 0 Å². The highest BCUT2D eigenvalue weighted by Crippen LogP contribution is 2.43. The van der Waals surface area contributed by atoms with Crippen LogP contribution >= 0.6 is 7.82 Å². The van der Waals surface area contributed by atoms with Crippen molar-refractivity contribution in [3.8, 4) is 0 Å². The fraction of sp³-hybridized carbons (Fsp3) is 0.919. The molecule has 0 aliphatic heterocycles. The molecule has 3 unspecified atom stereocenters. The molecule has 0 aliphatic rings. The zero-order valence-electron chi connectivity index (χ0n) is 30.8. The Morgan fingerprint density at radius 1 is 0.717 bits per heavy atom. The Kier molecular flexibility index (Phi) is 29.8. The van der Waals surface area contributed by atoms with Crippen molar-refractivity contribution >= 4 is 13.7 Å². The van der Waals surface area contributed by atoms with E-state index in [4.69, 9.17) is 9.05 Å². The maximum Gasteiger partial charge on any atom is 0.472 e. The van der Waals surface area contributed by atoms with E-state index in [1.54, 1.807) is 0 Å². The van der Waals surface area contributed by atoms with Crippen LogP contribution in [0.1, 0.15) is 168 Å². The smallest absolute Gasteiger partial charge is 0.391 e. The topological polar surface area (TPSA) is 105 Å². The number of nitrogens with zero attached hydrogens (tertiary/aromatic N) is 1. The second-order valence-corrected chi connectivity index (χ2v) is 15.8. The van der Waals surface area contributed by atoms with E-state index in [0.29, 0.717) is 23.9 Å². The lowest BCUT2D eigenvalue weighted by Crippen LogP contribution is -2.46. The Morgan fingerprint density at radius 2 is 1.20 bits per heavy atom. The minimum absolute atomic E-state index is 0.0738. The van der Waals surface area contributed by atoms with Crippen molar-refractivity contribution in [2.45, 2.75) is 180 Å². The number of likely N-dealkylation sites (N-methyl/N-ethyl adjacent to an activating group) is 1. The van der Waals surface area contributed by atoms with Gasteiger partial charge < -0.3 is 19.8 Å². The second kappa shape index (κ2) is 30.3. The molecule has 0 aromatic carbocycles. The minimum Gasteiger partial charge on any atom is -0.391 e. The molecule has 0 saturated heterocycles. The van der Waals surface area contributed by atoms with Gasteiger partial charge in [-0.1, -0.05) is 142 Å². The molecule has 0 fully saturated rings. The molecule has 274 valence electrons. The van der Waals surface area contributed by atoms with Crippen molar-refractivity contribution in [2.24, 2.45) is 0 Å². The summed E-state index contributed by atoms with van der Waals surface area (Å²) < 4.78 is 23.5. The molecule has 0 radical (unpaired) electrons. The van der Waals surface area contributed by atoms with Gasteiger partial charge in [0.1, 0.15) is 13.2 Å². The average molecular weight is 676 g/mol. The first-order chi connectivity index (χ1) is 22.0. The van der Waals surface area contributed by atoms with Crippen LogP contribution in [0.5, 0.6) is 0 Å². The number of carbonyl (C=O) groups is 1. The van der Waals surface area contributed by atoms with Crippen LogP contribution in [0.25, 0.3) is 0 Å². The maximum absolute atomic E-state index is 12.7. The first-order valence-electron chi connectivity index (χ1n) is 19.1. The lowest BCUT2D eigenvalue weighted by atomic mass is 10.0. The van der Waals surface area contributed by atoms with Crippen molar-refractivity contribution < 1.29 is 32.9 Å². The molecule has 0 saturated carbocycles. The van der Waals surface area contributed by atoms with Crippen molar-refractivity contribution in [1.82, 2.24) is 5.32 Å². The van der Waals surface area contributed by atoms with Crippen molar-refractivity contribution in [1.29, 1.82) is 0 Å². The highest BCUT2D eigenvalue weighted by molar-refractivity contribution is 7.47. The van der Waals surface area contributed by atoms with Gasteiger partial charge in [-0.15, -0.1) is 0 Å². The number of carbonyl (C=O) groups excluding carboxylic acids is 1. The van der Waals surface area contributed by atoms with Crippen molar-refractivity contribution in [3.63, 3.8) is 0 Å². The number of unbranched alkanes of at least 4 members (excludes halogenated alkanes) is 19. The lowest BCUT2D eigenvalue weighted by Gasteiger charge is -2.26. The third-order valence-electron chi connectivity index (χ3n) is 8.51. The van der Waals surface area contributed by atoms with Crippen LogP contribution < -0.4 is 5.32 Å². The monoisotopic (exact) mass is 676 g/mol. The predicted octanol–water partition coefficient (Wildman–Crippen LogP) is 9.63. The van der Waals surface area contributed by atoms with Gasteiger partial charge in [-0.2, -0.15) is 0 Å². The molecule has 9 heteroatoms. The van der Waals surface area contributed by atoms with E-state index >= 15 is 0 Å². The summed E-state index contributed by atoms with van der Waals surface area (Å²) in [6, 6.07) is -0.759. The number of rotatable bonds is 34. The zero-order chi connectivity index (χ0) is 34.4. The molecule has 0 heterocycles. The van der Waals surface area contributed by atoms with E-state index in [2.05, 4.69) is 31.3 Å². The van der Waals surface area contributed by atoms with E-state index in [9.17, 15) is 19.4 Å². The number of hydrogen-bond donors (Lipinski definition) is 3. The number of hydrogen-bond acceptors (Lipinski definition) is 5. The molecular formula is C37H76N2O6P+. The van der Waals surface area contributed by atoms with Gasteiger partial charge in [-0.25, -0.2) is 4.57 Å². The van der Waals surface area contributed by atoms with Crippen molar-refractivity contribution in [2.75, 3.05) is 40.9 Å². The third-order valence-corrected chi connectivity index (χ3v) is 9.50. The SMILES string of the molecule is CCCC/C=C\CCCCCCC(=O)NC(COP(=O)(O)OCC[N+](C)(C)C)C(O)CCCCCCCCCCCCCCCC. The van der Waals surface area contributed by atoms with Crippen LogP contribution in [0.4, 0.5) is 0 Å². The standard InChI is InChI=1S/C37H75N2O6P/c1-6-8-10-12-14-16-18-19-20-21-22-24-26-28-30-36(40)35(34-45-46(42,43)44-33-32-39(3,4)5)38-37(41)31-29-27-25-23-17-15-13-11-9-7-2/h13,15,35-36,40H,6-12,14,16-34H2,1-5H3,(H-,38,41,42,43)/p+1/b15-13-. The van der Waals surface area contributed by atoms with Crippen LogP contribution in [0.15, 0.2) is 12.2 Å². The highest BCUT2D eigenvalue weighted by Gasteiger charge is 2.28. The van der Waals surface area contributed by atoms with Gasteiger partial charge in [0.05, 0.1) is 39.9 Å². The number of allylic oxidation sites excluding steroid dienone is 2. The predicted molar refractivity (Wildman–Crippen MR) is 194 cm³/mol. The zero-order valence-corrected chi connectivity index (χ0v) is 31.7. The Labute approximate surface area is 284 Å². The molecular weight excluding hydrogens is 599 g/mol. The van der Waals surface area contributed by atoms with Crippen molar-refractivity contribution in [3.05, 3.63) is 12.2 Å². The second-order valence-electron chi connectivity index (χ2n) is 14.3. The number of aliphatic hydroxyl groups excluding tert-OH is 1. The molecule has 3 atom stereocenters. The highest BCUT2D eigenvalue weighted by atomic mass is 31.2. The Hall–Kier alpha value is -0.760. The fourth-order valence-corrected chi connectivity index (χ4v) is 6.11. The summed E-state index contributed by atoms with van der Waals surface area (Å²) >= 11 is 0. The van der Waals surface area contributed by atoms with Gasteiger partial charge in [0.2, 0.25) is 5.91 Å². The maximum atomic E-state index is 12.7. The average Bonchev–Trinajstić information content (AvgIpc) is 2.99. The summed E-state index contributed by atoms with van der Waals surface area (Å²) in [5.41, 5.74) is 0. The molecule has 0 aromatic rings. The molecule has 0 bridgehead atoms.